The first kappa shape index (κ1) is 9.71. The lowest BCUT2D eigenvalue weighted by Gasteiger charge is -2.14. The number of benzene rings is 1. The molecule has 1 aromatic rings. The number of carbonyl (C=O) groups excluding carboxylic acids is 2. The number of aryl methyl sites for hydroxylation is 1. The predicted octanol–water partition coefficient (Wildman–Crippen LogP) is 1.23. The van der Waals surface area contributed by atoms with Gasteiger partial charge in [0.2, 0.25) is 11.8 Å². The van der Waals surface area contributed by atoms with Crippen molar-refractivity contribution in [2.75, 3.05) is 10.6 Å². The minimum absolute atomic E-state index is 0.135. The molecule has 0 radical (unpaired) electrons. The average molecular weight is 204 g/mol. The van der Waals surface area contributed by atoms with Gasteiger partial charge >= 0.3 is 0 Å². The van der Waals surface area contributed by atoms with Crippen molar-refractivity contribution in [2.24, 2.45) is 0 Å². The van der Waals surface area contributed by atoms with Crippen LogP contribution in [-0.2, 0) is 9.59 Å². The molecule has 1 aromatic carbocycles. The molecule has 15 heavy (non-hydrogen) atoms. The summed E-state index contributed by atoms with van der Waals surface area (Å²) < 4.78 is 0. The van der Waals surface area contributed by atoms with Crippen molar-refractivity contribution in [1.82, 2.24) is 0 Å². The molecule has 0 atom stereocenters. The molecule has 2 rings (SSSR count). The van der Waals surface area contributed by atoms with E-state index in [4.69, 9.17) is 5.73 Å². The van der Waals surface area contributed by atoms with Crippen LogP contribution >= 0.6 is 0 Å². The molecule has 2 amide bonds. The summed E-state index contributed by atoms with van der Waals surface area (Å²) in [4.78, 5) is 24.1. The molecule has 0 saturated carbocycles. The average Bonchev–Trinajstić information content (AvgIpc) is 2.52. The van der Waals surface area contributed by atoms with Crippen molar-refractivity contribution in [3.05, 3.63) is 23.8 Å². The Bertz CT molecular complexity index is 424. The second-order valence-electron chi connectivity index (χ2n) is 3.66. The van der Waals surface area contributed by atoms with Gasteiger partial charge in [-0.25, -0.2) is 0 Å². The van der Waals surface area contributed by atoms with Gasteiger partial charge in [0.25, 0.3) is 0 Å². The van der Waals surface area contributed by atoms with E-state index in [1.807, 2.05) is 6.92 Å². The van der Waals surface area contributed by atoms with Gasteiger partial charge in [0.1, 0.15) is 0 Å². The van der Waals surface area contributed by atoms with E-state index >= 15 is 0 Å². The van der Waals surface area contributed by atoms with Crippen LogP contribution in [0.5, 0.6) is 0 Å². The van der Waals surface area contributed by atoms with Crippen LogP contribution in [0.2, 0.25) is 0 Å². The third kappa shape index (κ3) is 1.58. The van der Waals surface area contributed by atoms with E-state index in [0.717, 1.165) is 5.56 Å². The summed E-state index contributed by atoms with van der Waals surface area (Å²) in [5.41, 5.74) is 7.83. The lowest BCUT2D eigenvalue weighted by molar-refractivity contribution is -0.121. The Kier molecular flexibility index (Phi) is 2.19. The van der Waals surface area contributed by atoms with Crippen molar-refractivity contribution in [3.8, 4) is 0 Å². The zero-order valence-electron chi connectivity index (χ0n) is 8.49. The normalized spacial score (nSPS) is 16.2. The van der Waals surface area contributed by atoms with Gasteiger partial charge in [-0.3, -0.25) is 14.5 Å². The molecule has 1 fully saturated rings. The maximum atomic E-state index is 11.5. The fraction of sp³-hybridized carbons (Fsp3) is 0.273. The topological polar surface area (TPSA) is 63.4 Å². The van der Waals surface area contributed by atoms with Crippen LogP contribution in [-0.4, -0.2) is 11.8 Å². The fourth-order valence-corrected chi connectivity index (χ4v) is 1.66. The number of amides is 2. The van der Waals surface area contributed by atoms with Crippen molar-refractivity contribution < 1.29 is 9.59 Å². The molecular weight excluding hydrogens is 192 g/mol. The number of nitrogens with two attached hydrogens (primary N) is 1. The highest BCUT2D eigenvalue weighted by Crippen LogP contribution is 2.25. The summed E-state index contributed by atoms with van der Waals surface area (Å²) in [5, 5.41) is 0. The number of nitrogen functional groups attached to an aromatic ring is 1. The number of rotatable bonds is 1. The molecule has 1 aliphatic rings. The van der Waals surface area contributed by atoms with E-state index in [0.29, 0.717) is 24.2 Å². The molecule has 4 heteroatoms. The van der Waals surface area contributed by atoms with E-state index < -0.39 is 0 Å². The minimum atomic E-state index is -0.135. The van der Waals surface area contributed by atoms with E-state index in [9.17, 15) is 9.59 Å². The number of carbonyl (C=O) groups is 2. The van der Waals surface area contributed by atoms with E-state index in [1.165, 1.54) is 4.90 Å². The Hall–Kier alpha value is -1.84. The quantitative estimate of drug-likeness (QED) is 0.552. The van der Waals surface area contributed by atoms with Crippen molar-refractivity contribution in [1.29, 1.82) is 0 Å². The smallest absolute Gasteiger partial charge is 0.234 e. The predicted molar refractivity (Wildman–Crippen MR) is 57.3 cm³/mol. The molecule has 2 N–H and O–H groups in total. The molecule has 1 saturated heterocycles. The molecule has 0 aromatic heterocycles. The highest BCUT2D eigenvalue weighted by molar-refractivity contribution is 6.19. The van der Waals surface area contributed by atoms with Gasteiger partial charge in [-0.2, -0.15) is 0 Å². The van der Waals surface area contributed by atoms with E-state index in [1.54, 1.807) is 18.2 Å². The van der Waals surface area contributed by atoms with Gasteiger partial charge in [0, 0.05) is 18.5 Å². The van der Waals surface area contributed by atoms with Crippen LogP contribution in [0.15, 0.2) is 18.2 Å². The largest absolute Gasteiger partial charge is 0.399 e. The molecule has 78 valence electrons. The van der Waals surface area contributed by atoms with E-state index in [-0.39, 0.29) is 11.8 Å². The van der Waals surface area contributed by atoms with Crippen LogP contribution in [0.1, 0.15) is 18.4 Å². The molecular formula is C11H12N2O2. The maximum Gasteiger partial charge on any atom is 0.234 e. The van der Waals surface area contributed by atoms with Gasteiger partial charge in [-0.05, 0) is 30.7 Å². The summed E-state index contributed by atoms with van der Waals surface area (Å²) in [6, 6.07) is 5.17. The van der Waals surface area contributed by atoms with Crippen LogP contribution in [0, 0.1) is 6.92 Å². The molecule has 4 nitrogen and oxygen atoms in total. The molecule has 1 heterocycles. The first-order chi connectivity index (χ1) is 7.09. The van der Waals surface area contributed by atoms with Crippen molar-refractivity contribution in [3.63, 3.8) is 0 Å². The Morgan fingerprint density at radius 1 is 1.20 bits per heavy atom. The maximum absolute atomic E-state index is 11.5. The number of hydrogen-bond donors (Lipinski definition) is 1. The minimum Gasteiger partial charge on any atom is -0.399 e. The highest BCUT2D eigenvalue weighted by Gasteiger charge is 2.30. The number of imide groups is 1. The summed E-state index contributed by atoms with van der Waals surface area (Å²) in [6.07, 6.45) is 0.616. The van der Waals surface area contributed by atoms with Gasteiger partial charge in [-0.1, -0.05) is 0 Å². The third-order valence-electron chi connectivity index (χ3n) is 2.56. The standard InChI is InChI=1S/C11H12N2O2/c1-7-6-8(2-3-9(7)12)13-10(14)4-5-11(13)15/h2-3,6H,4-5,12H2,1H3. The van der Waals surface area contributed by atoms with Gasteiger partial charge in [0.15, 0.2) is 0 Å². The van der Waals surface area contributed by atoms with Crippen molar-refractivity contribution >= 4 is 23.2 Å². The third-order valence-corrected chi connectivity index (χ3v) is 2.56. The first-order valence-electron chi connectivity index (χ1n) is 4.81. The molecule has 0 aliphatic carbocycles. The van der Waals surface area contributed by atoms with E-state index in [2.05, 4.69) is 0 Å². The molecule has 1 aliphatic heterocycles. The lowest BCUT2D eigenvalue weighted by atomic mass is 10.1. The fourth-order valence-electron chi connectivity index (χ4n) is 1.66. The Morgan fingerprint density at radius 3 is 2.33 bits per heavy atom. The summed E-state index contributed by atoms with van der Waals surface area (Å²) >= 11 is 0. The summed E-state index contributed by atoms with van der Waals surface area (Å²) in [7, 11) is 0. The number of anilines is 2. The lowest BCUT2D eigenvalue weighted by Crippen LogP contribution is -2.28. The summed E-state index contributed by atoms with van der Waals surface area (Å²) in [6.45, 7) is 1.85. The van der Waals surface area contributed by atoms with Crippen LogP contribution < -0.4 is 10.6 Å². The van der Waals surface area contributed by atoms with Crippen LogP contribution in [0.4, 0.5) is 11.4 Å². The van der Waals surface area contributed by atoms with Gasteiger partial charge < -0.3 is 5.73 Å². The van der Waals surface area contributed by atoms with Crippen LogP contribution in [0.3, 0.4) is 0 Å². The second kappa shape index (κ2) is 3.38. The highest BCUT2D eigenvalue weighted by atomic mass is 16.2. The second-order valence-corrected chi connectivity index (χ2v) is 3.66. The molecule has 0 unspecified atom stereocenters. The Balaban J connectivity index is 2.41. The van der Waals surface area contributed by atoms with Crippen molar-refractivity contribution in [2.45, 2.75) is 19.8 Å². The first-order valence-corrected chi connectivity index (χ1v) is 4.81. The van der Waals surface area contributed by atoms with Gasteiger partial charge in [-0.15, -0.1) is 0 Å². The van der Waals surface area contributed by atoms with Gasteiger partial charge in [0.05, 0.1) is 5.69 Å². The zero-order valence-corrected chi connectivity index (χ0v) is 8.49. The summed E-state index contributed by atoms with van der Waals surface area (Å²) in [5.74, 6) is -0.270. The molecule has 0 spiro atoms. The number of hydrogen-bond acceptors (Lipinski definition) is 3. The molecule has 0 bridgehead atoms. The SMILES string of the molecule is Cc1cc(N2C(=O)CCC2=O)ccc1N. The monoisotopic (exact) mass is 204 g/mol. The number of nitrogens with zero attached hydrogens (tertiary/aromatic N) is 1. The van der Waals surface area contributed by atoms with Crippen LogP contribution in [0.25, 0.3) is 0 Å². The zero-order chi connectivity index (χ0) is 11.0. The Labute approximate surface area is 87.7 Å². The Morgan fingerprint density at radius 2 is 1.80 bits per heavy atom.